The molecule has 1 fully saturated rings. The van der Waals surface area contributed by atoms with Crippen molar-refractivity contribution in [3.05, 3.63) is 78.5 Å². The second kappa shape index (κ2) is 12.8. The highest BCUT2D eigenvalue weighted by Gasteiger charge is 2.61. The van der Waals surface area contributed by atoms with E-state index in [2.05, 4.69) is 5.48 Å². The zero-order chi connectivity index (χ0) is 32.5. The molecule has 4 aromatic rings. The van der Waals surface area contributed by atoms with Gasteiger partial charge in [-0.05, 0) is 35.7 Å². The number of hydroxylamine groups is 1. The van der Waals surface area contributed by atoms with Gasteiger partial charge in [-0.2, -0.15) is 22.7 Å². The third-order valence-corrected chi connectivity index (χ3v) is 10.8. The number of methoxy groups -OCH3 is 1. The van der Waals surface area contributed by atoms with Crippen molar-refractivity contribution in [1.82, 2.24) is 9.96 Å². The van der Waals surface area contributed by atoms with Crippen LogP contribution in [0.3, 0.4) is 0 Å². The van der Waals surface area contributed by atoms with Crippen molar-refractivity contribution in [3.63, 3.8) is 0 Å². The summed E-state index contributed by atoms with van der Waals surface area (Å²) in [6, 6.07) is 21.0. The smallest absolute Gasteiger partial charge is 0.383 e. The lowest BCUT2D eigenvalue weighted by molar-refractivity contribution is -0.678. The van der Waals surface area contributed by atoms with Crippen molar-refractivity contribution in [3.8, 4) is 22.6 Å². The SMILES string of the molecule is CCNOS(=O)(=O)C1CCC[N+]12C(=Cc1oc3ccc(-c4ccccc4)cc3[n+]1CCCCS(=O)(=O)[O-])Oc1ccc(OC)cc12. The Morgan fingerprint density at radius 2 is 1.85 bits per heavy atom. The molecule has 0 bridgehead atoms. The van der Waals surface area contributed by atoms with Gasteiger partial charge in [-0.3, -0.25) is 0 Å². The summed E-state index contributed by atoms with van der Waals surface area (Å²) in [5.74, 6) is 1.30. The van der Waals surface area contributed by atoms with Crippen LogP contribution in [0.25, 0.3) is 28.3 Å². The second-order valence-corrected chi connectivity index (χ2v) is 14.5. The molecular formula is C32H36N3O9S2+. The number of fused-ring (bicyclic) bond motifs is 3. The quantitative estimate of drug-likeness (QED) is 0.0756. The van der Waals surface area contributed by atoms with Crippen molar-refractivity contribution in [2.45, 2.75) is 44.5 Å². The molecule has 0 aliphatic carbocycles. The van der Waals surface area contributed by atoms with E-state index in [1.54, 1.807) is 38.3 Å². The van der Waals surface area contributed by atoms with Crippen molar-refractivity contribution in [2.75, 3.05) is 26.0 Å². The van der Waals surface area contributed by atoms with E-state index in [1.807, 2.05) is 53.1 Å². The molecule has 3 heterocycles. The van der Waals surface area contributed by atoms with Crippen LogP contribution in [0, 0.1) is 0 Å². The highest BCUT2D eigenvalue weighted by Crippen LogP contribution is 2.53. The zero-order valence-corrected chi connectivity index (χ0v) is 27.2. The van der Waals surface area contributed by atoms with Crippen LogP contribution in [0.2, 0.25) is 0 Å². The van der Waals surface area contributed by atoms with E-state index in [4.69, 9.17) is 18.2 Å². The lowest BCUT2D eigenvalue weighted by Crippen LogP contribution is -2.55. The van der Waals surface area contributed by atoms with Crippen molar-refractivity contribution >= 4 is 43.1 Å². The molecule has 0 saturated carbocycles. The van der Waals surface area contributed by atoms with E-state index in [-0.39, 0.29) is 10.9 Å². The number of nitrogens with one attached hydrogen (secondary N) is 1. The number of nitrogens with zero attached hydrogens (tertiary/aromatic N) is 2. The number of quaternary nitrogens is 1. The first-order valence-electron chi connectivity index (χ1n) is 15.1. The third-order valence-electron chi connectivity index (χ3n) is 8.42. The van der Waals surface area contributed by atoms with Crippen LogP contribution in [0.15, 0.2) is 77.0 Å². The van der Waals surface area contributed by atoms with Gasteiger partial charge >= 0.3 is 21.9 Å². The first-order chi connectivity index (χ1) is 22.1. The predicted octanol–water partition coefficient (Wildman–Crippen LogP) is 4.41. The van der Waals surface area contributed by atoms with E-state index in [0.29, 0.717) is 73.4 Å². The Kier molecular flexibility index (Phi) is 8.93. The number of aryl methyl sites for hydroxylation is 1. The number of benzene rings is 3. The molecule has 2 aliphatic rings. The van der Waals surface area contributed by atoms with E-state index in [0.717, 1.165) is 16.6 Å². The van der Waals surface area contributed by atoms with Gasteiger partial charge in [0.15, 0.2) is 24.1 Å². The Labute approximate surface area is 268 Å². The summed E-state index contributed by atoms with van der Waals surface area (Å²) in [5.41, 5.74) is 6.42. The number of hydrogen-bond acceptors (Lipinski definition) is 10. The molecule has 0 radical (unpaired) electrons. The number of rotatable bonds is 12. The maximum absolute atomic E-state index is 13.6. The zero-order valence-electron chi connectivity index (χ0n) is 25.5. The average molecular weight is 671 g/mol. The Balaban J connectivity index is 1.50. The summed E-state index contributed by atoms with van der Waals surface area (Å²) in [6.45, 7) is 2.80. The first kappa shape index (κ1) is 32.2. The first-order valence-corrected chi connectivity index (χ1v) is 18.2. The maximum Gasteiger partial charge on any atom is 0.383 e. The molecular weight excluding hydrogens is 634 g/mol. The Hall–Kier alpha value is -3.79. The van der Waals surface area contributed by atoms with Gasteiger partial charge in [0.25, 0.3) is 5.52 Å². The van der Waals surface area contributed by atoms with Gasteiger partial charge in [0.05, 0.1) is 23.8 Å². The minimum Gasteiger partial charge on any atom is -0.748 e. The number of aromatic nitrogens is 1. The molecule has 2 aliphatic heterocycles. The highest BCUT2D eigenvalue weighted by molar-refractivity contribution is 7.87. The fourth-order valence-corrected chi connectivity index (χ4v) is 8.52. The monoisotopic (exact) mass is 670 g/mol. The predicted molar refractivity (Wildman–Crippen MR) is 171 cm³/mol. The molecule has 1 spiro atoms. The molecule has 46 heavy (non-hydrogen) atoms. The lowest BCUT2D eigenvalue weighted by atomic mass is 10.1. The van der Waals surface area contributed by atoms with Gasteiger partial charge in [0, 0.05) is 43.7 Å². The number of ether oxygens (including phenoxy) is 2. The molecule has 12 nitrogen and oxygen atoms in total. The minimum absolute atomic E-state index is 0.152. The van der Waals surface area contributed by atoms with Crippen molar-refractivity contribution in [1.29, 1.82) is 0 Å². The third kappa shape index (κ3) is 6.16. The van der Waals surface area contributed by atoms with Crippen LogP contribution < -0.4 is 24.0 Å². The van der Waals surface area contributed by atoms with Crippen LogP contribution in [0.1, 0.15) is 38.5 Å². The molecule has 1 aromatic heterocycles. The van der Waals surface area contributed by atoms with E-state index < -0.39 is 31.4 Å². The second-order valence-electron chi connectivity index (χ2n) is 11.3. The van der Waals surface area contributed by atoms with Crippen molar-refractivity contribution < 1.29 is 44.1 Å². The van der Waals surface area contributed by atoms with E-state index >= 15 is 0 Å². The van der Waals surface area contributed by atoms with E-state index in [9.17, 15) is 21.4 Å². The molecule has 2 unspecified atom stereocenters. The van der Waals surface area contributed by atoms with Gasteiger partial charge in [-0.25, -0.2) is 12.9 Å². The van der Waals surface area contributed by atoms with Crippen molar-refractivity contribution in [2.24, 2.45) is 0 Å². The average Bonchev–Trinajstić information content (AvgIpc) is 3.73. The molecule has 0 amide bonds. The minimum atomic E-state index is -4.36. The van der Waals surface area contributed by atoms with Crippen LogP contribution in [0.5, 0.6) is 11.5 Å². The number of hydrogen-bond donors (Lipinski definition) is 1. The maximum atomic E-state index is 13.6. The largest absolute Gasteiger partial charge is 0.748 e. The number of oxazole rings is 1. The molecule has 14 heteroatoms. The molecule has 2 atom stereocenters. The highest BCUT2D eigenvalue weighted by atomic mass is 32.2. The summed E-state index contributed by atoms with van der Waals surface area (Å²) < 4.78 is 86.5. The van der Waals surface area contributed by atoms with Gasteiger partial charge in [0.1, 0.15) is 5.75 Å². The fraction of sp³-hybridized carbons (Fsp3) is 0.344. The molecule has 1 N–H and O–H groups in total. The fourth-order valence-electron chi connectivity index (χ4n) is 6.35. The van der Waals surface area contributed by atoms with Gasteiger partial charge in [-0.1, -0.05) is 43.3 Å². The lowest BCUT2D eigenvalue weighted by Gasteiger charge is -2.32. The summed E-state index contributed by atoms with van der Waals surface area (Å²) >= 11 is 0. The van der Waals surface area contributed by atoms with Gasteiger partial charge < -0.3 is 18.4 Å². The molecule has 3 aromatic carbocycles. The number of unbranched alkanes of at least 4 members (excludes halogenated alkanes) is 1. The van der Waals surface area contributed by atoms with Gasteiger partial charge in [-0.15, -0.1) is 0 Å². The molecule has 244 valence electrons. The van der Waals surface area contributed by atoms with Gasteiger partial charge in [0.2, 0.25) is 11.0 Å². The Morgan fingerprint density at radius 3 is 2.59 bits per heavy atom. The summed E-state index contributed by atoms with van der Waals surface area (Å²) in [5, 5.41) is -1.02. The summed E-state index contributed by atoms with van der Waals surface area (Å²) in [6.07, 6.45) is 3.18. The van der Waals surface area contributed by atoms with Crippen LogP contribution in [0.4, 0.5) is 5.69 Å². The Bertz CT molecular complexity index is 1990. The molecule has 1 saturated heterocycles. The Morgan fingerprint density at radius 1 is 1.04 bits per heavy atom. The van der Waals surface area contributed by atoms with E-state index in [1.165, 1.54) is 0 Å². The summed E-state index contributed by atoms with van der Waals surface area (Å²) in [4.78, 5) is 0. The summed E-state index contributed by atoms with van der Waals surface area (Å²) in [7, 11) is -6.94. The standard InChI is InChI=1S/C32H36N3O9S2/c1-3-33-44-46(39,40)32-12-9-18-35(32)27-21-25(41-2)14-16-29(27)43-31(35)22-30-34(17-7-8-19-45(36,37)38)26-20-24(13-15-28(26)42-30)23-10-5-4-6-11-23/h4-6,10-11,13-16,20-22,32-33H,3,7-9,12,17-19H2,1-2H3/q+1. The normalized spacial score (nSPS) is 20.4. The molecule has 6 rings (SSSR count). The van der Waals surface area contributed by atoms with Crippen LogP contribution >= 0.6 is 0 Å². The van der Waals surface area contributed by atoms with Crippen LogP contribution in [-0.2, 0) is 31.1 Å². The topological polar surface area (TPSA) is 148 Å². The van der Waals surface area contributed by atoms with Crippen LogP contribution in [-0.4, -0.2) is 52.7 Å².